The van der Waals surface area contributed by atoms with Gasteiger partial charge in [-0.25, -0.2) is 9.59 Å². The lowest BCUT2D eigenvalue weighted by Gasteiger charge is -2.00. The van der Waals surface area contributed by atoms with Crippen LogP contribution in [0.2, 0.25) is 0 Å². The molecule has 0 aliphatic carbocycles. The monoisotopic (exact) mass is 248 g/mol. The van der Waals surface area contributed by atoms with Crippen LogP contribution in [-0.2, 0) is 14.3 Å². The zero-order valence-corrected chi connectivity index (χ0v) is 10.5. The van der Waals surface area contributed by atoms with Gasteiger partial charge in [0.2, 0.25) is 0 Å². The minimum atomic E-state index is -0.382. The molecule has 18 heavy (non-hydrogen) atoms. The molecule has 0 aliphatic rings. The summed E-state index contributed by atoms with van der Waals surface area (Å²) in [5, 5.41) is 0. The molecule has 0 heterocycles. The maximum atomic E-state index is 11.2. The Kier molecular flexibility index (Phi) is 5.64. The lowest BCUT2D eigenvalue weighted by atomic mass is 10.1. The van der Waals surface area contributed by atoms with Gasteiger partial charge in [0.05, 0.1) is 19.3 Å². The fourth-order valence-electron chi connectivity index (χ4n) is 1.26. The number of esters is 2. The highest BCUT2D eigenvalue weighted by molar-refractivity contribution is 5.90. The van der Waals surface area contributed by atoms with Gasteiger partial charge in [-0.2, -0.15) is 0 Å². The van der Waals surface area contributed by atoms with Gasteiger partial charge in [0.15, 0.2) is 0 Å². The first-order valence-corrected chi connectivity index (χ1v) is 5.70. The molecule has 1 aromatic carbocycles. The number of carbonyl (C=O) groups is 2. The first kappa shape index (κ1) is 14.0. The van der Waals surface area contributed by atoms with Gasteiger partial charge >= 0.3 is 11.9 Å². The normalized spacial score (nSPS) is 10.3. The van der Waals surface area contributed by atoms with Crippen molar-refractivity contribution in [2.24, 2.45) is 0 Å². The largest absolute Gasteiger partial charge is 0.465 e. The number of hydrogen-bond donors (Lipinski definition) is 0. The van der Waals surface area contributed by atoms with Crippen molar-refractivity contribution >= 4 is 18.0 Å². The predicted octanol–water partition coefficient (Wildman–Crippen LogP) is 2.44. The fraction of sp³-hybridized carbons (Fsp3) is 0.286. The van der Waals surface area contributed by atoms with E-state index in [4.69, 9.17) is 4.74 Å². The second-order valence-electron chi connectivity index (χ2n) is 3.61. The van der Waals surface area contributed by atoms with E-state index in [-0.39, 0.29) is 11.9 Å². The Morgan fingerprint density at radius 3 is 2.44 bits per heavy atom. The highest BCUT2D eigenvalue weighted by atomic mass is 16.5. The van der Waals surface area contributed by atoms with Crippen molar-refractivity contribution in [1.82, 2.24) is 0 Å². The van der Waals surface area contributed by atoms with E-state index < -0.39 is 0 Å². The van der Waals surface area contributed by atoms with Crippen LogP contribution in [0, 0.1) is 0 Å². The number of benzene rings is 1. The third kappa shape index (κ3) is 4.41. The van der Waals surface area contributed by atoms with Crippen molar-refractivity contribution < 1.29 is 19.1 Å². The van der Waals surface area contributed by atoms with Gasteiger partial charge in [-0.15, -0.1) is 0 Å². The molecule has 0 unspecified atom stereocenters. The number of ether oxygens (including phenoxy) is 2. The van der Waals surface area contributed by atoms with Crippen LogP contribution in [0.5, 0.6) is 0 Å². The van der Waals surface area contributed by atoms with Gasteiger partial charge in [0.25, 0.3) is 0 Å². The summed E-state index contributed by atoms with van der Waals surface area (Å²) in [7, 11) is 1.33. The molecule has 0 N–H and O–H groups in total. The third-order valence-corrected chi connectivity index (χ3v) is 2.19. The summed E-state index contributed by atoms with van der Waals surface area (Å²) in [4.78, 5) is 22.4. The van der Waals surface area contributed by atoms with Crippen molar-refractivity contribution in [3.8, 4) is 0 Å². The minimum Gasteiger partial charge on any atom is -0.465 e. The molecule has 0 aromatic heterocycles. The van der Waals surface area contributed by atoms with E-state index in [1.165, 1.54) is 13.2 Å². The zero-order valence-electron chi connectivity index (χ0n) is 10.5. The molecule has 1 aromatic rings. The van der Waals surface area contributed by atoms with E-state index in [1.807, 2.05) is 6.92 Å². The highest BCUT2D eigenvalue weighted by Crippen LogP contribution is 2.07. The molecule has 96 valence electrons. The molecular formula is C14H16O4. The van der Waals surface area contributed by atoms with Crippen molar-refractivity contribution in [2.75, 3.05) is 13.7 Å². The molecule has 4 nitrogen and oxygen atoms in total. The molecule has 0 bridgehead atoms. The summed E-state index contributed by atoms with van der Waals surface area (Å²) in [6.07, 6.45) is 3.80. The van der Waals surface area contributed by atoms with E-state index in [0.29, 0.717) is 12.2 Å². The van der Waals surface area contributed by atoms with Crippen LogP contribution in [0.4, 0.5) is 0 Å². The van der Waals surface area contributed by atoms with E-state index in [1.54, 1.807) is 30.3 Å². The Bertz CT molecular complexity index is 432. The molecule has 1 rings (SSSR count). The van der Waals surface area contributed by atoms with Gasteiger partial charge in [-0.1, -0.05) is 19.1 Å². The summed E-state index contributed by atoms with van der Waals surface area (Å²) in [6.45, 7) is 2.35. The average molecular weight is 248 g/mol. The fourth-order valence-corrected chi connectivity index (χ4v) is 1.26. The summed E-state index contributed by atoms with van der Waals surface area (Å²) in [6, 6.07) is 6.75. The molecule has 0 fully saturated rings. The Morgan fingerprint density at radius 2 is 1.89 bits per heavy atom. The molecule has 0 spiro atoms. The molecule has 0 atom stereocenters. The third-order valence-electron chi connectivity index (χ3n) is 2.19. The van der Waals surface area contributed by atoms with Gasteiger partial charge in [0, 0.05) is 6.08 Å². The Hall–Kier alpha value is -2.10. The van der Waals surface area contributed by atoms with Gasteiger partial charge < -0.3 is 9.47 Å². The molecule has 0 amide bonds. The zero-order chi connectivity index (χ0) is 13.4. The molecule has 0 radical (unpaired) electrons. The second-order valence-corrected chi connectivity index (χ2v) is 3.61. The van der Waals surface area contributed by atoms with Crippen molar-refractivity contribution in [1.29, 1.82) is 0 Å². The molecule has 4 heteroatoms. The summed E-state index contributed by atoms with van der Waals surface area (Å²) in [5.41, 5.74) is 1.29. The first-order valence-electron chi connectivity index (χ1n) is 5.70. The first-order chi connectivity index (χ1) is 8.67. The number of rotatable bonds is 5. The van der Waals surface area contributed by atoms with E-state index in [9.17, 15) is 9.59 Å². The van der Waals surface area contributed by atoms with Gasteiger partial charge in [-0.3, -0.25) is 0 Å². The van der Waals surface area contributed by atoms with Crippen molar-refractivity contribution in [3.63, 3.8) is 0 Å². The second kappa shape index (κ2) is 7.27. The maximum Gasteiger partial charge on any atom is 0.337 e. The number of hydrogen-bond acceptors (Lipinski definition) is 4. The topological polar surface area (TPSA) is 52.6 Å². The minimum absolute atomic E-state index is 0.367. The predicted molar refractivity (Wildman–Crippen MR) is 68.1 cm³/mol. The average Bonchev–Trinajstić information content (AvgIpc) is 2.42. The van der Waals surface area contributed by atoms with Crippen LogP contribution in [0.3, 0.4) is 0 Å². The summed E-state index contributed by atoms with van der Waals surface area (Å²) in [5.74, 6) is -0.748. The lowest BCUT2D eigenvalue weighted by Crippen LogP contribution is -2.01. The van der Waals surface area contributed by atoms with E-state index in [2.05, 4.69) is 4.74 Å². The lowest BCUT2D eigenvalue weighted by molar-refractivity contribution is -0.137. The molecule has 0 aliphatic heterocycles. The number of methoxy groups -OCH3 is 1. The van der Waals surface area contributed by atoms with E-state index >= 15 is 0 Å². The Morgan fingerprint density at radius 1 is 1.22 bits per heavy atom. The SMILES string of the molecule is CCCOC(=O)/C=C/c1ccc(C(=O)OC)cc1. The van der Waals surface area contributed by atoms with Crippen LogP contribution in [0.15, 0.2) is 30.3 Å². The highest BCUT2D eigenvalue weighted by Gasteiger charge is 2.03. The van der Waals surface area contributed by atoms with Crippen LogP contribution in [0.25, 0.3) is 6.08 Å². The standard InChI is InChI=1S/C14H16O4/c1-3-10-18-13(15)9-6-11-4-7-12(8-5-11)14(16)17-2/h4-9H,3,10H2,1-2H3/b9-6+. The maximum absolute atomic E-state index is 11.2. The number of carbonyl (C=O) groups excluding carboxylic acids is 2. The smallest absolute Gasteiger partial charge is 0.337 e. The molecule has 0 saturated carbocycles. The van der Waals surface area contributed by atoms with Crippen LogP contribution in [0.1, 0.15) is 29.3 Å². The van der Waals surface area contributed by atoms with Gasteiger partial charge in [-0.05, 0) is 30.2 Å². The molecule has 0 saturated heterocycles. The quantitative estimate of drug-likeness (QED) is 0.593. The van der Waals surface area contributed by atoms with Crippen LogP contribution >= 0.6 is 0 Å². The van der Waals surface area contributed by atoms with Gasteiger partial charge in [0.1, 0.15) is 0 Å². The van der Waals surface area contributed by atoms with Crippen molar-refractivity contribution in [2.45, 2.75) is 13.3 Å². The van der Waals surface area contributed by atoms with E-state index in [0.717, 1.165) is 12.0 Å². The summed E-state index contributed by atoms with van der Waals surface area (Å²) < 4.78 is 9.48. The Balaban J connectivity index is 2.60. The van der Waals surface area contributed by atoms with Crippen LogP contribution in [-0.4, -0.2) is 25.7 Å². The molecular weight excluding hydrogens is 232 g/mol. The Labute approximate surface area is 106 Å². The summed E-state index contributed by atoms with van der Waals surface area (Å²) >= 11 is 0. The van der Waals surface area contributed by atoms with Crippen molar-refractivity contribution in [3.05, 3.63) is 41.5 Å². The van der Waals surface area contributed by atoms with Crippen LogP contribution < -0.4 is 0 Å².